The maximum Gasteiger partial charge on any atom is 0.218 e. The Bertz CT molecular complexity index is 560. The van der Waals surface area contributed by atoms with Crippen LogP contribution >= 0.6 is 15.9 Å². The molecule has 5 heteroatoms. The first-order chi connectivity index (χ1) is 9.65. The van der Waals surface area contributed by atoms with E-state index in [2.05, 4.69) is 31.2 Å². The summed E-state index contributed by atoms with van der Waals surface area (Å²) in [6.07, 6.45) is 1.87. The predicted molar refractivity (Wildman–Crippen MR) is 82.5 cm³/mol. The van der Waals surface area contributed by atoms with Gasteiger partial charge in [0.2, 0.25) is 5.88 Å². The van der Waals surface area contributed by atoms with E-state index in [1.54, 1.807) is 6.20 Å². The summed E-state index contributed by atoms with van der Waals surface area (Å²) in [6.45, 7) is 5.40. The van der Waals surface area contributed by atoms with Gasteiger partial charge in [-0.3, -0.25) is 0 Å². The highest BCUT2D eigenvalue weighted by Crippen LogP contribution is 2.15. The van der Waals surface area contributed by atoms with Crippen molar-refractivity contribution < 1.29 is 4.74 Å². The van der Waals surface area contributed by atoms with Gasteiger partial charge in [-0.25, -0.2) is 9.97 Å². The number of pyridine rings is 2. The Labute approximate surface area is 127 Å². The zero-order chi connectivity index (χ0) is 14.4. The molecule has 0 aromatic carbocycles. The SMILES string of the molecule is CC(C)Oc1ncccc1CNCc1cccc(Br)n1. The van der Waals surface area contributed by atoms with Crippen LogP contribution in [0, 0.1) is 0 Å². The van der Waals surface area contributed by atoms with Gasteiger partial charge in [-0.2, -0.15) is 0 Å². The molecule has 0 radical (unpaired) electrons. The lowest BCUT2D eigenvalue weighted by Crippen LogP contribution is -2.16. The zero-order valence-electron chi connectivity index (χ0n) is 11.6. The van der Waals surface area contributed by atoms with E-state index >= 15 is 0 Å². The van der Waals surface area contributed by atoms with E-state index in [-0.39, 0.29) is 6.10 Å². The minimum Gasteiger partial charge on any atom is -0.475 e. The maximum atomic E-state index is 5.69. The van der Waals surface area contributed by atoms with E-state index in [9.17, 15) is 0 Å². The number of aromatic nitrogens is 2. The monoisotopic (exact) mass is 335 g/mol. The van der Waals surface area contributed by atoms with Gasteiger partial charge in [0.15, 0.2) is 0 Å². The van der Waals surface area contributed by atoms with Crippen molar-refractivity contribution >= 4 is 15.9 Å². The Balaban J connectivity index is 1.94. The van der Waals surface area contributed by atoms with Crippen LogP contribution in [0.4, 0.5) is 0 Å². The van der Waals surface area contributed by atoms with E-state index in [0.29, 0.717) is 19.0 Å². The molecule has 20 heavy (non-hydrogen) atoms. The van der Waals surface area contributed by atoms with Crippen LogP contribution in [0.25, 0.3) is 0 Å². The first kappa shape index (κ1) is 14.9. The molecule has 2 aromatic rings. The average molecular weight is 336 g/mol. The van der Waals surface area contributed by atoms with Crippen LogP contribution < -0.4 is 10.1 Å². The molecule has 106 valence electrons. The van der Waals surface area contributed by atoms with Gasteiger partial charge in [0, 0.05) is 24.8 Å². The second-order valence-corrected chi connectivity index (χ2v) is 5.50. The molecule has 0 unspecified atom stereocenters. The smallest absolute Gasteiger partial charge is 0.218 e. The first-order valence-corrected chi connectivity index (χ1v) is 7.37. The van der Waals surface area contributed by atoms with Crippen molar-refractivity contribution in [3.63, 3.8) is 0 Å². The topological polar surface area (TPSA) is 47.0 Å². The highest BCUT2D eigenvalue weighted by molar-refractivity contribution is 9.10. The molecule has 0 saturated carbocycles. The molecule has 0 atom stereocenters. The van der Waals surface area contributed by atoms with E-state index in [4.69, 9.17) is 4.74 Å². The van der Waals surface area contributed by atoms with E-state index in [1.807, 2.05) is 44.2 Å². The van der Waals surface area contributed by atoms with Crippen LogP contribution in [0.1, 0.15) is 25.1 Å². The second-order valence-electron chi connectivity index (χ2n) is 4.69. The van der Waals surface area contributed by atoms with Crippen molar-refractivity contribution in [2.24, 2.45) is 0 Å². The molecule has 0 saturated heterocycles. The molecule has 0 aliphatic rings. The van der Waals surface area contributed by atoms with Crippen molar-refractivity contribution in [3.05, 3.63) is 52.4 Å². The van der Waals surface area contributed by atoms with Crippen molar-refractivity contribution in [3.8, 4) is 5.88 Å². The summed E-state index contributed by atoms with van der Waals surface area (Å²) < 4.78 is 6.54. The number of ether oxygens (including phenoxy) is 1. The van der Waals surface area contributed by atoms with Crippen molar-refractivity contribution in [1.82, 2.24) is 15.3 Å². The molecule has 0 fully saturated rings. The van der Waals surface area contributed by atoms with Crippen LogP contribution in [0.5, 0.6) is 5.88 Å². The van der Waals surface area contributed by atoms with Gasteiger partial charge in [-0.05, 0) is 48.0 Å². The fraction of sp³-hybridized carbons (Fsp3) is 0.333. The first-order valence-electron chi connectivity index (χ1n) is 6.58. The van der Waals surface area contributed by atoms with Crippen LogP contribution in [-0.4, -0.2) is 16.1 Å². The number of rotatable bonds is 6. The van der Waals surface area contributed by atoms with Crippen molar-refractivity contribution in [2.45, 2.75) is 33.0 Å². The van der Waals surface area contributed by atoms with Gasteiger partial charge >= 0.3 is 0 Å². The molecular weight excluding hydrogens is 318 g/mol. The quantitative estimate of drug-likeness (QED) is 0.822. The maximum absolute atomic E-state index is 5.69. The zero-order valence-corrected chi connectivity index (χ0v) is 13.2. The fourth-order valence-corrected chi connectivity index (χ4v) is 2.14. The minimum atomic E-state index is 0.121. The lowest BCUT2D eigenvalue weighted by molar-refractivity contribution is 0.229. The third kappa shape index (κ3) is 4.58. The fourth-order valence-electron chi connectivity index (χ4n) is 1.76. The Morgan fingerprint density at radius 2 is 2.05 bits per heavy atom. The Kier molecular flexibility index (Phi) is 5.49. The lowest BCUT2D eigenvalue weighted by atomic mass is 10.2. The predicted octanol–water partition coefficient (Wildman–Crippen LogP) is 3.32. The minimum absolute atomic E-state index is 0.121. The summed E-state index contributed by atoms with van der Waals surface area (Å²) in [6, 6.07) is 9.82. The largest absolute Gasteiger partial charge is 0.475 e. The Hall–Kier alpha value is -1.46. The van der Waals surface area contributed by atoms with E-state index < -0.39 is 0 Å². The Morgan fingerprint density at radius 1 is 1.20 bits per heavy atom. The molecule has 0 bridgehead atoms. The van der Waals surface area contributed by atoms with E-state index in [0.717, 1.165) is 15.9 Å². The molecule has 0 aliphatic heterocycles. The number of hydrogen-bond acceptors (Lipinski definition) is 4. The number of nitrogens with zero attached hydrogens (tertiary/aromatic N) is 2. The average Bonchev–Trinajstić information content (AvgIpc) is 2.40. The van der Waals surface area contributed by atoms with Crippen LogP contribution in [0.2, 0.25) is 0 Å². The normalized spacial score (nSPS) is 10.8. The summed E-state index contributed by atoms with van der Waals surface area (Å²) in [4.78, 5) is 8.66. The lowest BCUT2D eigenvalue weighted by Gasteiger charge is -2.13. The summed E-state index contributed by atoms with van der Waals surface area (Å²) in [5.41, 5.74) is 2.05. The van der Waals surface area contributed by atoms with Gasteiger partial charge in [0.1, 0.15) is 4.60 Å². The van der Waals surface area contributed by atoms with Crippen LogP contribution in [0.3, 0.4) is 0 Å². The summed E-state index contributed by atoms with van der Waals surface area (Å²) in [5, 5.41) is 3.36. The van der Waals surface area contributed by atoms with E-state index in [1.165, 1.54) is 0 Å². The molecule has 0 aliphatic carbocycles. The van der Waals surface area contributed by atoms with Crippen molar-refractivity contribution in [1.29, 1.82) is 0 Å². The highest BCUT2D eigenvalue weighted by Gasteiger charge is 2.06. The van der Waals surface area contributed by atoms with Gasteiger partial charge in [0.25, 0.3) is 0 Å². The Morgan fingerprint density at radius 3 is 2.80 bits per heavy atom. The van der Waals surface area contributed by atoms with Crippen LogP contribution in [-0.2, 0) is 13.1 Å². The standard InChI is InChI=1S/C15H18BrN3O/c1-11(2)20-15-12(5-4-8-18-15)9-17-10-13-6-3-7-14(16)19-13/h3-8,11,17H,9-10H2,1-2H3. The molecule has 2 aromatic heterocycles. The second kappa shape index (κ2) is 7.36. The molecule has 4 nitrogen and oxygen atoms in total. The summed E-state index contributed by atoms with van der Waals surface area (Å²) >= 11 is 3.37. The van der Waals surface area contributed by atoms with Crippen LogP contribution in [0.15, 0.2) is 41.1 Å². The van der Waals surface area contributed by atoms with Gasteiger partial charge in [0.05, 0.1) is 11.8 Å². The summed E-state index contributed by atoms with van der Waals surface area (Å²) in [5.74, 6) is 0.692. The highest BCUT2D eigenvalue weighted by atomic mass is 79.9. The molecule has 2 rings (SSSR count). The van der Waals surface area contributed by atoms with Gasteiger partial charge < -0.3 is 10.1 Å². The number of hydrogen-bond donors (Lipinski definition) is 1. The molecular formula is C15H18BrN3O. The summed E-state index contributed by atoms with van der Waals surface area (Å²) in [7, 11) is 0. The molecule has 0 amide bonds. The van der Waals surface area contributed by atoms with Gasteiger partial charge in [-0.15, -0.1) is 0 Å². The third-order valence-electron chi connectivity index (χ3n) is 2.59. The van der Waals surface area contributed by atoms with Gasteiger partial charge in [-0.1, -0.05) is 12.1 Å². The number of halogens is 1. The number of nitrogens with one attached hydrogen (secondary N) is 1. The molecule has 2 heterocycles. The molecule has 1 N–H and O–H groups in total. The molecule has 0 spiro atoms. The third-order valence-corrected chi connectivity index (χ3v) is 3.03. The van der Waals surface area contributed by atoms with Crippen molar-refractivity contribution in [2.75, 3.05) is 0 Å².